The molecular weight excluding hydrogens is 312 g/mol. The molecule has 0 unspecified atom stereocenters. The van der Waals surface area contributed by atoms with Crippen LogP contribution in [0, 0.1) is 0 Å². The standard InChI is InChI=1S/C21H18N2O2/c22-23(20-9-5-4-8-19(20)21(24)25)18-14-12-17(13-15-18)11-10-16-6-2-1-3-7-16/h1-15H,22H2,(H,24,25). The summed E-state index contributed by atoms with van der Waals surface area (Å²) in [7, 11) is 0. The van der Waals surface area contributed by atoms with Gasteiger partial charge >= 0.3 is 5.97 Å². The quantitative estimate of drug-likeness (QED) is 0.409. The van der Waals surface area contributed by atoms with Gasteiger partial charge in [-0.2, -0.15) is 0 Å². The first-order valence-corrected chi connectivity index (χ1v) is 7.85. The zero-order valence-electron chi connectivity index (χ0n) is 13.5. The Balaban J connectivity index is 1.81. The highest BCUT2D eigenvalue weighted by Crippen LogP contribution is 2.26. The van der Waals surface area contributed by atoms with E-state index in [1.165, 1.54) is 11.1 Å². The van der Waals surface area contributed by atoms with Crippen LogP contribution in [-0.4, -0.2) is 11.1 Å². The van der Waals surface area contributed by atoms with Gasteiger partial charge in [-0.25, -0.2) is 10.6 Å². The van der Waals surface area contributed by atoms with Crippen molar-refractivity contribution < 1.29 is 9.90 Å². The number of hydrogen-bond donors (Lipinski definition) is 2. The summed E-state index contributed by atoms with van der Waals surface area (Å²) in [5.74, 6) is 5.12. The van der Waals surface area contributed by atoms with Crippen LogP contribution in [0.15, 0.2) is 78.9 Å². The molecule has 3 aromatic carbocycles. The first kappa shape index (κ1) is 16.5. The van der Waals surface area contributed by atoms with Crippen molar-refractivity contribution in [1.29, 1.82) is 0 Å². The third-order valence-electron chi connectivity index (χ3n) is 3.83. The Labute approximate surface area is 146 Å². The molecule has 0 radical (unpaired) electrons. The van der Waals surface area contributed by atoms with Gasteiger partial charge in [0.2, 0.25) is 0 Å². The Hall–Kier alpha value is -3.37. The van der Waals surface area contributed by atoms with Crippen LogP contribution in [-0.2, 0) is 0 Å². The van der Waals surface area contributed by atoms with E-state index in [1.54, 1.807) is 18.2 Å². The van der Waals surface area contributed by atoms with Crippen molar-refractivity contribution >= 4 is 29.5 Å². The van der Waals surface area contributed by atoms with Crippen LogP contribution in [0.25, 0.3) is 12.2 Å². The molecule has 0 aliphatic rings. The number of benzene rings is 3. The summed E-state index contributed by atoms with van der Waals surface area (Å²) in [6, 6.07) is 24.3. The van der Waals surface area contributed by atoms with E-state index in [1.807, 2.05) is 66.7 Å². The predicted molar refractivity (Wildman–Crippen MR) is 102 cm³/mol. The maximum atomic E-state index is 11.3. The van der Waals surface area contributed by atoms with Crippen molar-refractivity contribution in [2.75, 3.05) is 5.01 Å². The Morgan fingerprint density at radius 3 is 2.00 bits per heavy atom. The van der Waals surface area contributed by atoms with Gasteiger partial charge in [0.15, 0.2) is 0 Å². The molecule has 25 heavy (non-hydrogen) atoms. The van der Waals surface area contributed by atoms with E-state index in [9.17, 15) is 9.90 Å². The SMILES string of the molecule is NN(c1ccc(C=Cc2ccccc2)cc1)c1ccccc1C(=O)O. The van der Waals surface area contributed by atoms with E-state index in [4.69, 9.17) is 5.84 Å². The maximum Gasteiger partial charge on any atom is 0.337 e. The van der Waals surface area contributed by atoms with Crippen LogP contribution in [0.3, 0.4) is 0 Å². The number of hydrazine groups is 1. The van der Waals surface area contributed by atoms with Crippen LogP contribution in [0.5, 0.6) is 0 Å². The van der Waals surface area contributed by atoms with Crippen LogP contribution in [0.2, 0.25) is 0 Å². The third kappa shape index (κ3) is 3.94. The molecule has 0 saturated heterocycles. The summed E-state index contributed by atoms with van der Waals surface area (Å²) in [4.78, 5) is 11.3. The van der Waals surface area contributed by atoms with Crippen molar-refractivity contribution in [3.05, 3.63) is 95.6 Å². The van der Waals surface area contributed by atoms with Crippen molar-refractivity contribution in [1.82, 2.24) is 0 Å². The van der Waals surface area contributed by atoms with Gasteiger partial charge in [-0.1, -0.05) is 66.7 Å². The second-order valence-corrected chi connectivity index (χ2v) is 5.53. The lowest BCUT2D eigenvalue weighted by molar-refractivity contribution is 0.0697. The van der Waals surface area contributed by atoms with E-state index < -0.39 is 5.97 Å². The fourth-order valence-electron chi connectivity index (χ4n) is 2.51. The molecule has 0 atom stereocenters. The summed E-state index contributed by atoms with van der Waals surface area (Å²) in [5, 5.41) is 10.7. The summed E-state index contributed by atoms with van der Waals surface area (Å²) < 4.78 is 0. The number of hydrogen-bond acceptors (Lipinski definition) is 3. The summed E-state index contributed by atoms with van der Waals surface area (Å²) in [5.41, 5.74) is 3.49. The van der Waals surface area contributed by atoms with Gasteiger partial charge < -0.3 is 5.11 Å². The van der Waals surface area contributed by atoms with E-state index in [-0.39, 0.29) is 5.56 Å². The van der Waals surface area contributed by atoms with Gasteiger partial charge in [0.25, 0.3) is 0 Å². The monoisotopic (exact) mass is 330 g/mol. The number of aromatic carboxylic acids is 1. The largest absolute Gasteiger partial charge is 0.478 e. The molecule has 0 spiro atoms. The Bertz CT molecular complexity index is 887. The number of nitrogens with two attached hydrogens (primary N) is 1. The molecule has 3 N–H and O–H groups in total. The molecule has 124 valence electrons. The lowest BCUT2D eigenvalue weighted by Gasteiger charge is -2.20. The highest BCUT2D eigenvalue weighted by Gasteiger charge is 2.14. The number of para-hydroxylation sites is 1. The summed E-state index contributed by atoms with van der Waals surface area (Å²) >= 11 is 0. The summed E-state index contributed by atoms with van der Waals surface area (Å²) in [6.07, 6.45) is 4.06. The Morgan fingerprint density at radius 1 is 0.800 bits per heavy atom. The number of carboxylic acids is 1. The average molecular weight is 330 g/mol. The molecule has 0 aliphatic heterocycles. The third-order valence-corrected chi connectivity index (χ3v) is 3.83. The van der Waals surface area contributed by atoms with Crippen molar-refractivity contribution in [2.24, 2.45) is 5.84 Å². The molecule has 0 aromatic heterocycles. The molecule has 0 amide bonds. The number of carboxylic acid groups (broad SMARTS) is 1. The Morgan fingerprint density at radius 2 is 1.36 bits per heavy atom. The van der Waals surface area contributed by atoms with Gasteiger partial charge in [-0.3, -0.25) is 5.01 Å². The molecule has 0 heterocycles. The van der Waals surface area contributed by atoms with Crippen LogP contribution >= 0.6 is 0 Å². The highest BCUT2D eigenvalue weighted by molar-refractivity contribution is 5.95. The molecule has 0 aliphatic carbocycles. The van der Waals surface area contributed by atoms with Gasteiger partial charge in [-0.05, 0) is 35.4 Å². The normalized spacial score (nSPS) is 10.8. The molecule has 4 nitrogen and oxygen atoms in total. The first-order valence-electron chi connectivity index (χ1n) is 7.85. The number of anilines is 2. The van der Waals surface area contributed by atoms with E-state index in [0.29, 0.717) is 11.4 Å². The van der Waals surface area contributed by atoms with Crippen LogP contribution in [0.1, 0.15) is 21.5 Å². The maximum absolute atomic E-state index is 11.3. The Kier molecular flexibility index (Phi) is 4.92. The van der Waals surface area contributed by atoms with Crippen molar-refractivity contribution in [3.8, 4) is 0 Å². The van der Waals surface area contributed by atoms with Gasteiger partial charge in [0, 0.05) is 0 Å². The first-order chi connectivity index (χ1) is 12.1. The summed E-state index contributed by atoms with van der Waals surface area (Å²) in [6.45, 7) is 0. The van der Waals surface area contributed by atoms with Crippen molar-refractivity contribution in [3.63, 3.8) is 0 Å². The van der Waals surface area contributed by atoms with Gasteiger partial charge in [-0.15, -0.1) is 0 Å². The topological polar surface area (TPSA) is 66.6 Å². The molecular formula is C21H18N2O2. The zero-order chi connectivity index (χ0) is 17.6. The predicted octanol–water partition coefficient (Wildman–Crippen LogP) is 4.57. The molecule has 4 heteroatoms. The highest BCUT2D eigenvalue weighted by atomic mass is 16.4. The minimum atomic E-state index is -1.01. The number of nitrogens with zero attached hydrogens (tertiary/aromatic N) is 1. The molecule has 3 rings (SSSR count). The lowest BCUT2D eigenvalue weighted by atomic mass is 10.1. The second-order valence-electron chi connectivity index (χ2n) is 5.53. The lowest BCUT2D eigenvalue weighted by Crippen LogP contribution is -2.26. The fraction of sp³-hybridized carbons (Fsp3) is 0. The molecule has 0 fully saturated rings. The van der Waals surface area contributed by atoms with Crippen LogP contribution in [0.4, 0.5) is 11.4 Å². The van der Waals surface area contributed by atoms with E-state index in [2.05, 4.69) is 0 Å². The molecule has 3 aromatic rings. The molecule has 0 bridgehead atoms. The van der Waals surface area contributed by atoms with E-state index in [0.717, 1.165) is 11.1 Å². The van der Waals surface area contributed by atoms with Crippen molar-refractivity contribution in [2.45, 2.75) is 0 Å². The second kappa shape index (κ2) is 7.47. The molecule has 0 saturated carbocycles. The average Bonchev–Trinajstić information content (AvgIpc) is 2.67. The smallest absolute Gasteiger partial charge is 0.337 e. The fourth-order valence-corrected chi connectivity index (χ4v) is 2.51. The van der Waals surface area contributed by atoms with Crippen LogP contribution < -0.4 is 10.9 Å². The minimum Gasteiger partial charge on any atom is -0.478 e. The minimum absolute atomic E-state index is 0.165. The van der Waals surface area contributed by atoms with Gasteiger partial charge in [0.05, 0.1) is 16.9 Å². The number of carbonyl (C=O) groups is 1. The zero-order valence-corrected chi connectivity index (χ0v) is 13.5. The number of rotatable bonds is 5. The van der Waals surface area contributed by atoms with Gasteiger partial charge in [0.1, 0.15) is 0 Å². The van der Waals surface area contributed by atoms with E-state index >= 15 is 0 Å².